The van der Waals surface area contributed by atoms with Crippen molar-refractivity contribution < 1.29 is 18.0 Å². The minimum absolute atomic E-state index is 0.120. The number of amides is 1. The predicted molar refractivity (Wildman–Crippen MR) is 86.0 cm³/mol. The molecule has 3 rings (SSSR count). The van der Waals surface area contributed by atoms with Gasteiger partial charge >= 0.3 is 6.18 Å². The van der Waals surface area contributed by atoms with E-state index in [9.17, 15) is 18.0 Å². The zero-order chi connectivity index (χ0) is 17.9. The van der Waals surface area contributed by atoms with Crippen LogP contribution in [-0.2, 0) is 4.79 Å². The fourth-order valence-corrected chi connectivity index (χ4v) is 3.73. The molecule has 1 aromatic rings. The van der Waals surface area contributed by atoms with Gasteiger partial charge in [0.25, 0.3) is 0 Å². The second-order valence-corrected chi connectivity index (χ2v) is 7.02. The highest BCUT2D eigenvalue weighted by molar-refractivity contribution is 5.91. The second kappa shape index (κ2) is 7.72. The van der Waals surface area contributed by atoms with Crippen molar-refractivity contribution in [2.75, 3.05) is 25.0 Å². The molecule has 6 nitrogen and oxygen atoms in total. The van der Waals surface area contributed by atoms with Crippen LogP contribution in [0.15, 0.2) is 6.33 Å². The maximum atomic E-state index is 12.5. The normalized spacial score (nSPS) is 23.6. The first-order valence-corrected chi connectivity index (χ1v) is 8.92. The molecule has 1 aliphatic carbocycles. The highest BCUT2D eigenvalue weighted by Crippen LogP contribution is 2.27. The Kier molecular flexibility index (Phi) is 5.61. The van der Waals surface area contributed by atoms with Gasteiger partial charge in [-0.15, -0.1) is 5.10 Å². The molecule has 1 saturated heterocycles. The number of carbonyl (C=O) groups excluding carboxylic acids is 1. The molecule has 0 radical (unpaired) electrons. The Labute approximate surface area is 144 Å². The van der Waals surface area contributed by atoms with E-state index in [-0.39, 0.29) is 18.4 Å². The summed E-state index contributed by atoms with van der Waals surface area (Å²) >= 11 is 0. The lowest BCUT2D eigenvalue weighted by atomic mass is 9.96. The Morgan fingerprint density at radius 3 is 2.68 bits per heavy atom. The number of carbonyl (C=O) groups is 1. The average molecular weight is 359 g/mol. The summed E-state index contributed by atoms with van der Waals surface area (Å²) in [5.41, 5.74) is 0. The van der Waals surface area contributed by atoms with Gasteiger partial charge in [0.2, 0.25) is 11.9 Å². The van der Waals surface area contributed by atoms with Gasteiger partial charge in [-0.2, -0.15) is 13.2 Å². The minimum Gasteiger partial charge on any atom is -0.294 e. The molecule has 0 bridgehead atoms. The van der Waals surface area contributed by atoms with Crippen molar-refractivity contribution in [3.8, 4) is 0 Å². The number of anilines is 1. The molecule has 2 heterocycles. The van der Waals surface area contributed by atoms with Gasteiger partial charge in [-0.05, 0) is 32.2 Å². The van der Waals surface area contributed by atoms with Crippen LogP contribution in [0.3, 0.4) is 0 Å². The topological polar surface area (TPSA) is 63.1 Å². The summed E-state index contributed by atoms with van der Waals surface area (Å²) in [5, 5.41) is 6.99. The van der Waals surface area contributed by atoms with Gasteiger partial charge in [0, 0.05) is 6.54 Å². The highest BCUT2D eigenvalue weighted by Gasteiger charge is 2.34. The zero-order valence-corrected chi connectivity index (χ0v) is 14.1. The summed E-state index contributed by atoms with van der Waals surface area (Å²) in [6.07, 6.45) is 4.26. The fourth-order valence-electron chi connectivity index (χ4n) is 3.73. The third-order valence-corrected chi connectivity index (χ3v) is 4.97. The number of nitrogens with zero attached hydrogens (tertiary/aromatic N) is 4. The second-order valence-electron chi connectivity index (χ2n) is 7.02. The lowest BCUT2D eigenvalue weighted by Gasteiger charge is -2.32. The lowest BCUT2D eigenvalue weighted by Crippen LogP contribution is -2.44. The van der Waals surface area contributed by atoms with Crippen LogP contribution in [0.1, 0.15) is 51.0 Å². The monoisotopic (exact) mass is 359 g/mol. The van der Waals surface area contributed by atoms with Crippen molar-refractivity contribution in [3.63, 3.8) is 0 Å². The summed E-state index contributed by atoms with van der Waals surface area (Å²) in [6, 6.07) is 0.323. The van der Waals surface area contributed by atoms with Crippen LogP contribution >= 0.6 is 0 Å². The maximum Gasteiger partial charge on any atom is 0.401 e. The third kappa shape index (κ3) is 5.17. The van der Waals surface area contributed by atoms with Gasteiger partial charge in [-0.25, -0.2) is 9.67 Å². The van der Waals surface area contributed by atoms with E-state index >= 15 is 0 Å². The Hall–Kier alpha value is -1.64. The number of rotatable bonds is 4. The standard InChI is InChI=1S/C16H24F3N5O/c17-16(18,19)10-23-8-4-5-12(9-23)14(25)21-15-20-11-24(22-15)13-6-2-1-3-7-13/h11-13H,1-10H2,(H,21,22,25). The molecule has 0 spiro atoms. The number of hydrogen-bond acceptors (Lipinski definition) is 4. The summed E-state index contributed by atoms with van der Waals surface area (Å²) < 4.78 is 39.4. The first-order valence-electron chi connectivity index (χ1n) is 8.92. The van der Waals surface area contributed by atoms with Gasteiger partial charge in [0.05, 0.1) is 18.5 Å². The van der Waals surface area contributed by atoms with Crippen LogP contribution in [0.25, 0.3) is 0 Å². The lowest BCUT2D eigenvalue weighted by molar-refractivity contribution is -0.151. The molecule has 9 heteroatoms. The van der Waals surface area contributed by atoms with E-state index in [4.69, 9.17) is 0 Å². The average Bonchev–Trinajstić information content (AvgIpc) is 3.03. The molecular weight excluding hydrogens is 335 g/mol. The molecule has 1 atom stereocenters. The van der Waals surface area contributed by atoms with Crippen LogP contribution in [0.4, 0.5) is 19.1 Å². The van der Waals surface area contributed by atoms with Crippen molar-refractivity contribution in [1.29, 1.82) is 0 Å². The first-order chi connectivity index (χ1) is 11.9. The van der Waals surface area contributed by atoms with E-state index in [1.807, 2.05) is 0 Å². The molecule has 25 heavy (non-hydrogen) atoms. The molecule has 2 fully saturated rings. The molecule has 1 N–H and O–H groups in total. The number of aromatic nitrogens is 3. The molecule has 1 aromatic heterocycles. The van der Waals surface area contributed by atoms with Crippen molar-refractivity contribution >= 4 is 11.9 Å². The van der Waals surface area contributed by atoms with Crippen molar-refractivity contribution in [2.45, 2.75) is 57.2 Å². The van der Waals surface area contributed by atoms with E-state index in [1.165, 1.54) is 24.2 Å². The molecule has 1 saturated carbocycles. The Morgan fingerprint density at radius 1 is 1.20 bits per heavy atom. The molecule has 0 aromatic carbocycles. The van der Waals surface area contributed by atoms with E-state index in [1.54, 1.807) is 11.0 Å². The largest absolute Gasteiger partial charge is 0.401 e. The van der Waals surface area contributed by atoms with E-state index in [0.717, 1.165) is 12.8 Å². The van der Waals surface area contributed by atoms with E-state index in [2.05, 4.69) is 15.4 Å². The van der Waals surface area contributed by atoms with Crippen LogP contribution < -0.4 is 5.32 Å². The number of alkyl halides is 3. The van der Waals surface area contributed by atoms with Crippen LogP contribution in [0, 0.1) is 5.92 Å². The molecule has 2 aliphatic rings. The Bertz CT molecular complexity index is 583. The van der Waals surface area contributed by atoms with Gasteiger partial charge in [-0.3, -0.25) is 15.0 Å². The van der Waals surface area contributed by atoms with Crippen molar-refractivity contribution in [3.05, 3.63) is 6.33 Å². The number of piperidine rings is 1. The SMILES string of the molecule is O=C(Nc1ncn(C2CCCCC2)n1)C1CCCN(CC(F)(F)F)C1. The fraction of sp³-hybridized carbons (Fsp3) is 0.812. The predicted octanol–water partition coefficient (Wildman–Crippen LogP) is 3.00. The number of hydrogen-bond donors (Lipinski definition) is 1. The van der Waals surface area contributed by atoms with Crippen molar-refractivity contribution in [1.82, 2.24) is 19.7 Å². The Morgan fingerprint density at radius 2 is 1.96 bits per heavy atom. The molecule has 1 aliphatic heterocycles. The first kappa shape index (κ1) is 18.2. The van der Waals surface area contributed by atoms with Crippen LogP contribution in [0.2, 0.25) is 0 Å². The summed E-state index contributed by atoms with van der Waals surface area (Å²) in [5.74, 6) is -0.519. The van der Waals surface area contributed by atoms with Crippen molar-refractivity contribution in [2.24, 2.45) is 5.92 Å². The number of likely N-dealkylation sites (tertiary alicyclic amines) is 1. The van der Waals surface area contributed by atoms with Gasteiger partial charge in [-0.1, -0.05) is 19.3 Å². The smallest absolute Gasteiger partial charge is 0.294 e. The third-order valence-electron chi connectivity index (χ3n) is 4.97. The number of nitrogens with one attached hydrogen (secondary N) is 1. The molecule has 1 amide bonds. The van der Waals surface area contributed by atoms with Gasteiger partial charge in [0.15, 0.2) is 0 Å². The Balaban J connectivity index is 1.54. The van der Waals surface area contributed by atoms with Gasteiger partial charge < -0.3 is 0 Å². The van der Waals surface area contributed by atoms with Gasteiger partial charge in [0.1, 0.15) is 6.33 Å². The summed E-state index contributed by atoms with van der Waals surface area (Å²) in [4.78, 5) is 17.8. The molecule has 140 valence electrons. The highest BCUT2D eigenvalue weighted by atomic mass is 19.4. The zero-order valence-electron chi connectivity index (χ0n) is 14.1. The van der Waals surface area contributed by atoms with E-state index < -0.39 is 18.6 Å². The number of halogens is 3. The molecular formula is C16H24F3N5O. The van der Waals surface area contributed by atoms with Crippen LogP contribution in [-0.4, -0.2) is 51.4 Å². The van der Waals surface area contributed by atoms with E-state index in [0.29, 0.717) is 25.4 Å². The minimum atomic E-state index is -4.24. The maximum absolute atomic E-state index is 12.5. The molecule has 1 unspecified atom stereocenters. The van der Waals surface area contributed by atoms with Crippen LogP contribution in [0.5, 0.6) is 0 Å². The summed E-state index contributed by atoms with van der Waals surface area (Å²) in [7, 11) is 0. The summed E-state index contributed by atoms with van der Waals surface area (Å²) in [6.45, 7) is -0.474. The quantitative estimate of drug-likeness (QED) is 0.898.